The molecule has 0 radical (unpaired) electrons. The van der Waals surface area contributed by atoms with E-state index in [1.807, 2.05) is 18.2 Å². The summed E-state index contributed by atoms with van der Waals surface area (Å²) in [5.74, 6) is 0.881. The fourth-order valence-electron chi connectivity index (χ4n) is 3.68. The molecule has 0 unspecified atom stereocenters. The number of nitro benzene ring substituents is 1. The molecule has 0 aliphatic carbocycles. The second kappa shape index (κ2) is 10.6. The monoisotopic (exact) mass is 447 g/mol. The Morgan fingerprint density at radius 3 is 2.45 bits per heavy atom. The standard InChI is InChI=1S/C24H25N5O4/c30-24(12-13-27-14-16-28(17-15-27)20-4-2-1-3-5-20)26-25-18-22-10-11-23(33-22)19-6-8-21(9-7-19)29(31)32/h1-11,18H,12-17H2,(H,26,30)/b25-18+. The summed E-state index contributed by atoms with van der Waals surface area (Å²) in [6, 6.07) is 19.9. The molecule has 0 bridgehead atoms. The molecule has 33 heavy (non-hydrogen) atoms. The number of piperazine rings is 1. The van der Waals surface area contributed by atoms with E-state index in [0.717, 1.165) is 31.7 Å². The van der Waals surface area contributed by atoms with Crippen LogP contribution in [0, 0.1) is 10.1 Å². The van der Waals surface area contributed by atoms with Crippen molar-refractivity contribution < 1.29 is 14.1 Å². The number of hydrogen-bond donors (Lipinski definition) is 1. The molecule has 0 saturated carbocycles. The largest absolute Gasteiger partial charge is 0.455 e. The van der Waals surface area contributed by atoms with Gasteiger partial charge >= 0.3 is 0 Å². The molecule has 1 aliphatic heterocycles. The van der Waals surface area contributed by atoms with Gasteiger partial charge in [0.2, 0.25) is 5.91 Å². The predicted molar refractivity (Wildman–Crippen MR) is 126 cm³/mol. The Kier molecular flexibility index (Phi) is 7.11. The smallest absolute Gasteiger partial charge is 0.269 e. The van der Waals surface area contributed by atoms with E-state index in [-0.39, 0.29) is 11.6 Å². The first-order valence-electron chi connectivity index (χ1n) is 10.8. The highest BCUT2D eigenvalue weighted by Crippen LogP contribution is 2.24. The molecule has 1 aromatic heterocycles. The third-order valence-corrected chi connectivity index (χ3v) is 5.52. The zero-order chi connectivity index (χ0) is 23.0. The highest BCUT2D eigenvalue weighted by atomic mass is 16.6. The molecule has 1 amide bonds. The number of nitro groups is 1. The first-order chi connectivity index (χ1) is 16.1. The number of hydrazone groups is 1. The lowest BCUT2D eigenvalue weighted by molar-refractivity contribution is -0.384. The Bertz CT molecular complexity index is 1100. The summed E-state index contributed by atoms with van der Waals surface area (Å²) >= 11 is 0. The summed E-state index contributed by atoms with van der Waals surface area (Å²) in [6.45, 7) is 4.42. The summed E-state index contributed by atoms with van der Waals surface area (Å²) < 4.78 is 5.67. The first kappa shape index (κ1) is 22.2. The van der Waals surface area contributed by atoms with Crippen LogP contribution in [0.15, 0.2) is 76.2 Å². The summed E-state index contributed by atoms with van der Waals surface area (Å²) in [7, 11) is 0. The molecular weight excluding hydrogens is 422 g/mol. The SMILES string of the molecule is O=C(CCN1CCN(c2ccccc2)CC1)N/N=C/c1ccc(-c2ccc([N+](=O)[O-])cc2)o1. The third kappa shape index (κ3) is 6.05. The molecule has 1 N–H and O–H groups in total. The molecule has 2 aromatic carbocycles. The number of carbonyl (C=O) groups is 1. The number of carbonyl (C=O) groups excluding carboxylic acids is 1. The van der Waals surface area contributed by atoms with Crippen LogP contribution in [-0.4, -0.2) is 54.7 Å². The van der Waals surface area contributed by atoms with Crippen LogP contribution < -0.4 is 10.3 Å². The van der Waals surface area contributed by atoms with Crippen molar-refractivity contribution in [2.45, 2.75) is 6.42 Å². The molecule has 1 fully saturated rings. The van der Waals surface area contributed by atoms with Gasteiger partial charge in [0.15, 0.2) is 0 Å². The number of non-ortho nitro benzene ring substituents is 1. The van der Waals surface area contributed by atoms with E-state index in [0.29, 0.717) is 24.5 Å². The molecule has 0 spiro atoms. The number of benzene rings is 2. The average molecular weight is 447 g/mol. The van der Waals surface area contributed by atoms with Crippen LogP contribution in [0.25, 0.3) is 11.3 Å². The fourth-order valence-corrected chi connectivity index (χ4v) is 3.68. The lowest BCUT2D eigenvalue weighted by Crippen LogP contribution is -2.47. The number of hydrogen-bond acceptors (Lipinski definition) is 7. The van der Waals surface area contributed by atoms with Crippen molar-refractivity contribution in [1.29, 1.82) is 0 Å². The molecule has 0 atom stereocenters. The van der Waals surface area contributed by atoms with E-state index in [1.54, 1.807) is 24.3 Å². The van der Waals surface area contributed by atoms with Crippen molar-refractivity contribution in [3.05, 3.63) is 82.6 Å². The van der Waals surface area contributed by atoms with Crippen LogP contribution in [0.2, 0.25) is 0 Å². The van der Waals surface area contributed by atoms with E-state index in [9.17, 15) is 14.9 Å². The van der Waals surface area contributed by atoms with Crippen LogP contribution in [0.3, 0.4) is 0 Å². The minimum atomic E-state index is -0.447. The zero-order valence-corrected chi connectivity index (χ0v) is 18.1. The maximum atomic E-state index is 12.1. The van der Waals surface area contributed by atoms with Gasteiger partial charge in [0.1, 0.15) is 11.5 Å². The van der Waals surface area contributed by atoms with Crippen LogP contribution in [-0.2, 0) is 4.79 Å². The van der Waals surface area contributed by atoms with Crippen LogP contribution in [0.5, 0.6) is 0 Å². The first-order valence-corrected chi connectivity index (χ1v) is 10.8. The van der Waals surface area contributed by atoms with Crippen LogP contribution in [0.4, 0.5) is 11.4 Å². The molecular formula is C24H25N5O4. The second-order valence-electron chi connectivity index (χ2n) is 7.71. The Morgan fingerprint density at radius 1 is 1.03 bits per heavy atom. The number of nitrogens with zero attached hydrogens (tertiary/aromatic N) is 4. The molecule has 9 heteroatoms. The van der Waals surface area contributed by atoms with Gasteiger partial charge < -0.3 is 9.32 Å². The predicted octanol–water partition coefficient (Wildman–Crippen LogP) is 3.52. The maximum Gasteiger partial charge on any atom is 0.269 e. The van der Waals surface area contributed by atoms with Crippen LogP contribution >= 0.6 is 0 Å². The van der Waals surface area contributed by atoms with Gasteiger partial charge in [-0.2, -0.15) is 5.10 Å². The van der Waals surface area contributed by atoms with Gasteiger partial charge in [-0.15, -0.1) is 0 Å². The molecule has 4 rings (SSSR count). The zero-order valence-electron chi connectivity index (χ0n) is 18.1. The van der Waals surface area contributed by atoms with Crippen molar-refractivity contribution in [3.63, 3.8) is 0 Å². The minimum Gasteiger partial charge on any atom is -0.455 e. The van der Waals surface area contributed by atoms with Gasteiger partial charge in [0.25, 0.3) is 5.69 Å². The van der Waals surface area contributed by atoms with Gasteiger partial charge in [0.05, 0.1) is 11.1 Å². The normalized spacial score (nSPS) is 14.5. The second-order valence-corrected chi connectivity index (χ2v) is 7.71. The molecule has 170 valence electrons. The van der Waals surface area contributed by atoms with Crippen molar-refractivity contribution >= 4 is 23.5 Å². The average Bonchev–Trinajstić information content (AvgIpc) is 3.32. The van der Waals surface area contributed by atoms with E-state index < -0.39 is 4.92 Å². The number of anilines is 1. The summed E-state index contributed by atoms with van der Waals surface area (Å²) in [6.07, 6.45) is 1.81. The summed E-state index contributed by atoms with van der Waals surface area (Å²) in [4.78, 5) is 27.1. The van der Waals surface area contributed by atoms with Crippen molar-refractivity contribution in [1.82, 2.24) is 10.3 Å². The Balaban J connectivity index is 1.19. The van der Waals surface area contributed by atoms with E-state index in [1.165, 1.54) is 24.0 Å². The van der Waals surface area contributed by atoms with E-state index in [4.69, 9.17) is 4.42 Å². The Labute approximate surface area is 191 Å². The highest BCUT2D eigenvalue weighted by Gasteiger charge is 2.17. The Morgan fingerprint density at radius 2 is 1.76 bits per heavy atom. The highest BCUT2D eigenvalue weighted by molar-refractivity contribution is 5.81. The topological polar surface area (TPSA) is 104 Å². The van der Waals surface area contributed by atoms with E-state index in [2.05, 4.69) is 32.5 Å². The quantitative estimate of drug-likeness (QED) is 0.322. The van der Waals surface area contributed by atoms with Gasteiger partial charge in [-0.25, -0.2) is 5.43 Å². The Hall–Kier alpha value is -3.98. The third-order valence-electron chi connectivity index (χ3n) is 5.52. The molecule has 1 saturated heterocycles. The molecule has 3 aromatic rings. The fraction of sp³-hybridized carbons (Fsp3) is 0.250. The maximum absolute atomic E-state index is 12.1. The van der Waals surface area contributed by atoms with Crippen molar-refractivity contribution in [2.75, 3.05) is 37.6 Å². The summed E-state index contributed by atoms with van der Waals surface area (Å²) in [5, 5.41) is 14.7. The summed E-state index contributed by atoms with van der Waals surface area (Å²) in [5.41, 5.74) is 4.51. The van der Waals surface area contributed by atoms with Gasteiger partial charge in [-0.1, -0.05) is 18.2 Å². The molecule has 2 heterocycles. The lowest BCUT2D eigenvalue weighted by atomic mass is 10.1. The number of rotatable bonds is 8. The molecule has 1 aliphatic rings. The van der Waals surface area contributed by atoms with Gasteiger partial charge in [-0.3, -0.25) is 19.8 Å². The minimum absolute atomic E-state index is 0.0212. The van der Waals surface area contributed by atoms with Gasteiger partial charge in [-0.05, 0) is 36.4 Å². The molecule has 9 nitrogen and oxygen atoms in total. The van der Waals surface area contributed by atoms with Crippen molar-refractivity contribution in [3.8, 4) is 11.3 Å². The lowest BCUT2D eigenvalue weighted by Gasteiger charge is -2.36. The van der Waals surface area contributed by atoms with Crippen LogP contribution in [0.1, 0.15) is 12.2 Å². The number of amides is 1. The van der Waals surface area contributed by atoms with Gasteiger partial charge in [0, 0.05) is 62.5 Å². The van der Waals surface area contributed by atoms with E-state index >= 15 is 0 Å². The number of furan rings is 1. The van der Waals surface area contributed by atoms with Crippen molar-refractivity contribution in [2.24, 2.45) is 5.10 Å². The number of nitrogens with one attached hydrogen (secondary N) is 1. The number of para-hydroxylation sites is 1.